The number of carbonyl (C=O) groups excluding carboxylic acids is 2. The predicted octanol–water partition coefficient (Wildman–Crippen LogP) is -1.50. The Labute approximate surface area is 142 Å². The largest absolute Gasteiger partial charge is 0.370 e. The summed E-state index contributed by atoms with van der Waals surface area (Å²) in [6.45, 7) is 7.82. The minimum atomic E-state index is -0.265. The molecule has 1 aromatic rings. The first kappa shape index (κ1) is 17.1. The highest BCUT2D eigenvalue weighted by atomic mass is 16.5. The molecule has 3 N–H and O–H groups in total. The fourth-order valence-electron chi connectivity index (χ4n) is 3.39. The van der Waals surface area contributed by atoms with E-state index in [1.165, 1.54) is 4.90 Å². The second-order valence-corrected chi connectivity index (χ2v) is 6.70. The fourth-order valence-corrected chi connectivity index (χ4v) is 3.39. The number of ether oxygens (including phenoxy) is 1. The monoisotopic (exact) mass is 333 g/mol. The van der Waals surface area contributed by atoms with Crippen LogP contribution in [-0.2, 0) is 14.3 Å². The second kappa shape index (κ2) is 7.88. The first-order chi connectivity index (χ1) is 11.6. The number of carbonyl (C=O) groups is 2. The highest BCUT2D eigenvalue weighted by molar-refractivity contribution is 6.21. The van der Waals surface area contributed by atoms with Crippen molar-refractivity contribution in [1.29, 1.82) is 0 Å². The van der Waals surface area contributed by atoms with Crippen LogP contribution in [0.15, 0.2) is 24.3 Å². The summed E-state index contributed by atoms with van der Waals surface area (Å²) < 4.78 is 5.36. The van der Waals surface area contributed by atoms with Crippen molar-refractivity contribution in [3.63, 3.8) is 0 Å². The van der Waals surface area contributed by atoms with Gasteiger partial charge in [0.2, 0.25) is 5.91 Å². The van der Waals surface area contributed by atoms with E-state index in [4.69, 9.17) is 4.74 Å². The SMILES string of the molecule is Cc1ccc(N2C(=O)C[C@H]([NH2+]CCC[NH+]3CCOCC3)C2=O)cc1. The molecule has 0 spiro atoms. The Balaban J connectivity index is 1.48. The van der Waals surface area contributed by atoms with E-state index >= 15 is 0 Å². The van der Waals surface area contributed by atoms with Crippen LogP contribution in [0.5, 0.6) is 0 Å². The minimum absolute atomic E-state index is 0.0810. The van der Waals surface area contributed by atoms with Crippen LogP contribution in [0.1, 0.15) is 18.4 Å². The van der Waals surface area contributed by atoms with Crippen molar-refractivity contribution >= 4 is 17.5 Å². The molecule has 2 fully saturated rings. The molecule has 3 rings (SSSR count). The van der Waals surface area contributed by atoms with Gasteiger partial charge in [0.25, 0.3) is 5.91 Å². The standard InChI is InChI=1S/C18H25N3O3/c1-14-3-5-15(6-4-14)21-17(22)13-16(18(21)23)19-7-2-8-20-9-11-24-12-10-20/h3-6,16,19H,2,7-13H2,1H3/p+2/t16-/m0/s1. The summed E-state index contributed by atoms with van der Waals surface area (Å²) in [6, 6.07) is 7.28. The quantitative estimate of drug-likeness (QED) is 0.492. The van der Waals surface area contributed by atoms with Crippen molar-refractivity contribution in [2.24, 2.45) is 0 Å². The maximum Gasteiger partial charge on any atom is 0.292 e. The van der Waals surface area contributed by atoms with Gasteiger partial charge in [0, 0.05) is 6.42 Å². The molecule has 2 aliphatic rings. The third-order valence-corrected chi connectivity index (χ3v) is 4.86. The van der Waals surface area contributed by atoms with Gasteiger partial charge in [0.05, 0.1) is 38.4 Å². The molecular weight excluding hydrogens is 306 g/mol. The molecule has 2 amide bonds. The Morgan fingerprint density at radius 3 is 2.62 bits per heavy atom. The Hall–Kier alpha value is -1.76. The summed E-state index contributed by atoms with van der Waals surface area (Å²) >= 11 is 0. The van der Waals surface area contributed by atoms with Gasteiger partial charge in [-0.15, -0.1) is 0 Å². The maximum atomic E-state index is 12.5. The number of nitrogens with one attached hydrogen (secondary N) is 1. The number of quaternary nitrogens is 2. The maximum absolute atomic E-state index is 12.5. The van der Waals surface area contributed by atoms with Gasteiger partial charge in [-0.2, -0.15) is 0 Å². The van der Waals surface area contributed by atoms with Gasteiger partial charge in [-0.1, -0.05) is 17.7 Å². The summed E-state index contributed by atoms with van der Waals surface area (Å²) in [6.07, 6.45) is 1.36. The molecule has 0 aliphatic carbocycles. The lowest BCUT2D eigenvalue weighted by Crippen LogP contribution is -3.14. The first-order valence-electron chi connectivity index (χ1n) is 8.83. The van der Waals surface area contributed by atoms with Gasteiger partial charge in [-0.25, -0.2) is 4.90 Å². The molecule has 0 aromatic heterocycles. The average molecular weight is 333 g/mol. The molecule has 0 radical (unpaired) electrons. The average Bonchev–Trinajstić information content (AvgIpc) is 2.88. The van der Waals surface area contributed by atoms with Crippen molar-refractivity contribution in [3.8, 4) is 0 Å². The van der Waals surface area contributed by atoms with Crippen molar-refractivity contribution < 1.29 is 24.5 Å². The minimum Gasteiger partial charge on any atom is -0.370 e. The van der Waals surface area contributed by atoms with Crippen LogP contribution < -0.4 is 15.1 Å². The van der Waals surface area contributed by atoms with Crippen LogP contribution in [0, 0.1) is 6.92 Å². The van der Waals surface area contributed by atoms with Crippen molar-refractivity contribution in [2.45, 2.75) is 25.8 Å². The summed E-state index contributed by atoms with van der Waals surface area (Å²) in [7, 11) is 0. The molecule has 24 heavy (non-hydrogen) atoms. The van der Waals surface area contributed by atoms with Gasteiger partial charge in [0.1, 0.15) is 13.1 Å². The molecule has 1 aromatic carbocycles. The lowest BCUT2D eigenvalue weighted by atomic mass is 10.2. The number of morpholine rings is 1. The second-order valence-electron chi connectivity index (χ2n) is 6.70. The molecule has 0 saturated carbocycles. The number of imide groups is 1. The van der Waals surface area contributed by atoms with E-state index in [2.05, 4.69) is 0 Å². The number of nitrogens with two attached hydrogens (primary N) is 1. The number of nitrogens with zero attached hydrogens (tertiary/aromatic N) is 1. The molecule has 1 atom stereocenters. The molecule has 130 valence electrons. The van der Waals surface area contributed by atoms with E-state index in [0.29, 0.717) is 12.1 Å². The zero-order valence-electron chi connectivity index (χ0n) is 14.3. The molecule has 2 saturated heterocycles. The third-order valence-electron chi connectivity index (χ3n) is 4.86. The number of hydrogen-bond donors (Lipinski definition) is 2. The van der Waals surface area contributed by atoms with Crippen molar-refractivity contribution in [2.75, 3.05) is 44.3 Å². The molecule has 2 heterocycles. The lowest BCUT2D eigenvalue weighted by Gasteiger charge is -2.23. The zero-order valence-corrected chi connectivity index (χ0v) is 14.3. The van der Waals surface area contributed by atoms with Crippen molar-refractivity contribution in [3.05, 3.63) is 29.8 Å². The highest BCUT2D eigenvalue weighted by Gasteiger charge is 2.42. The van der Waals surface area contributed by atoms with E-state index in [1.54, 1.807) is 4.90 Å². The number of amides is 2. The zero-order chi connectivity index (χ0) is 16.9. The van der Waals surface area contributed by atoms with Gasteiger partial charge in [-0.05, 0) is 19.1 Å². The van der Waals surface area contributed by atoms with Crippen molar-refractivity contribution in [1.82, 2.24) is 0 Å². The summed E-state index contributed by atoms with van der Waals surface area (Å²) in [5.74, 6) is -0.175. The third kappa shape index (κ3) is 4.01. The number of rotatable bonds is 6. The number of anilines is 1. The summed E-state index contributed by atoms with van der Waals surface area (Å²) in [4.78, 5) is 27.7. The van der Waals surface area contributed by atoms with Crippen LogP contribution >= 0.6 is 0 Å². The number of hydrogen-bond acceptors (Lipinski definition) is 3. The number of aryl methyl sites for hydroxylation is 1. The van der Waals surface area contributed by atoms with E-state index in [9.17, 15) is 9.59 Å². The topological polar surface area (TPSA) is 67.7 Å². The van der Waals surface area contributed by atoms with Crippen LogP contribution in [-0.4, -0.2) is 57.2 Å². The van der Waals surface area contributed by atoms with Crippen LogP contribution in [0.3, 0.4) is 0 Å². The van der Waals surface area contributed by atoms with Crippen LogP contribution in [0.2, 0.25) is 0 Å². The summed E-state index contributed by atoms with van der Waals surface area (Å²) in [5, 5.41) is 2.04. The van der Waals surface area contributed by atoms with Gasteiger partial charge < -0.3 is 15.0 Å². The van der Waals surface area contributed by atoms with Crippen LogP contribution in [0.25, 0.3) is 0 Å². The molecule has 0 unspecified atom stereocenters. The van der Waals surface area contributed by atoms with E-state index < -0.39 is 0 Å². The summed E-state index contributed by atoms with van der Waals surface area (Å²) in [5.41, 5.74) is 1.80. The highest BCUT2D eigenvalue weighted by Crippen LogP contribution is 2.21. The van der Waals surface area contributed by atoms with E-state index in [-0.39, 0.29) is 17.9 Å². The van der Waals surface area contributed by atoms with Gasteiger partial charge in [0.15, 0.2) is 6.04 Å². The van der Waals surface area contributed by atoms with Crippen LogP contribution in [0.4, 0.5) is 5.69 Å². The van der Waals surface area contributed by atoms with Gasteiger partial charge in [-0.3, -0.25) is 9.59 Å². The normalized spacial score (nSPS) is 22.4. The Morgan fingerprint density at radius 1 is 1.21 bits per heavy atom. The Morgan fingerprint density at radius 2 is 1.92 bits per heavy atom. The van der Waals surface area contributed by atoms with E-state index in [1.807, 2.05) is 36.5 Å². The Kier molecular flexibility index (Phi) is 5.60. The molecule has 6 nitrogen and oxygen atoms in total. The predicted molar refractivity (Wildman–Crippen MR) is 89.9 cm³/mol. The lowest BCUT2D eigenvalue weighted by molar-refractivity contribution is -0.909. The molecule has 2 aliphatic heterocycles. The van der Waals surface area contributed by atoms with E-state index in [0.717, 1.165) is 51.4 Å². The smallest absolute Gasteiger partial charge is 0.292 e. The molecule has 0 bridgehead atoms. The first-order valence-corrected chi connectivity index (χ1v) is 8.83. The fraction of sp³-hybridized carbons (Fsp3) is 0.556. The molecular formula is C18H27N3O3+2. The van der Waals surface area contributed by atoms with Gasteiger partial charge >= 0.3 is 0 Å². The molecule has 6 heteroatoms. The number of benzene rings is 1. The Bertz CT molecular complexity index is 582.